The van der Waals surface area contributed by atoms with Crippen molar-refractivity contribution in [3.8, 4) is 0 Å². The van der Waals surface area contributed by atoms with E-state index < -0.39 is 0 Å². The zero-order valence-electron chi connectivity index (χ0n) is 11.0. The Hall–Kier alpha value is -1.09. The summed E-state index contributed by atoms with van der Waals surface area (Å²) in [6.45, 7) is 4.12. The summed E-state index contributed by atoms with van der Waals surface area (Å²) >= 11 is 3.40. The predicted molar refractivity (Wildman–Crippen MR) is 77.5 cm³/mol. The van der Waals surface area contributed by atoms with Crippen LogP contribution in [0.4, 0.5) is 0 Å². The lowest BCUT2D eigenvalue weighted by Crippen LogP contribution is -2.20. The third-order valence-corrected chi connectivity index (χ3v) is 3.41. The Bertz CT molecular complexity index is 409. The fourth-order valence-electron chi connectivity index (χ4n) is 1.91. The first-order valence-corrected chi connectivity index (χ1v) is 6.89. The maximum atomic E-state index is 11.9. The van der Waals surface area contributed by atoms with Crippen LogP contribution in [0.2, 0.25) is 0 Å². The van der Waals surface area contributed by atoms with Crippen LogP contribution in [-0.2, 0) is 9.53 Å². The number of carbonyl (C=O) groups excluding carboxylic acids is 1. The molecule has 0 saturated heterocycles. The first-order chi connectivity index (χ1) is 8.60. The fourth-order valence-corrected chi connectivity index (χ4v) is 2.18. The summed E-state index contributed by atoms with van der Waals surface area (Å²) in [6.07, 6.45) is 5.13. The Kier molecular flexibility index (Phi) is 6.13. The van der Waals surface area contributed by atoms with Gasteiger partial charge < -0.3 is 4.74 Å². The van der Waals surface area contributed by atoms with Crippen LogP contribution in [0.5, 0.6) is 0 Å². The van der Waals surface area contributed by atoms with Crippen LogP contribution in [0.15, 0.2) is 40.9 Å². The van der Waals surface area contributed by atoms with Gasteiger partial charge in [0, 0.05) is 4.47 Å². The molecule has 0 spiro atoms. The minimum Gasteiger partial charge on any atom is -0.469 e. The van der Waals surface area contributed by atoms with E-state index in [1.807, 2.05) is 31.2 Å². The number of hydrogen-bond donors (Lipinski definition) is 0. The van der Waals surface area contributed by atoms with Crippen molar-refractivity contribution in [3.63, 3.8) is 0 Å². The van der Waals surface area contributed by atoms with Crippen molar-refractivity contribution in [1.29, 1.82) is 0 Å². The van der Waals surface area contributed by atoms with Gasteiger partial charge in [0.15, 0.2) is 0 Å². The van der Waals surface area contributed by atoms with E-state index >= 15 is 0 Å². The third kappa shape index (κ3) is 3.98. The molecule has 3 heteroatoms. The largest absolute Gasteiger partial charge is 0.469 e. The molecule has 0 amide bonds. The number of hydrogen-bond acceptors (Lipinski definition) is 2. The van der Waals surface area contributed by atoms with Gasteiger partial charge in [-0.15, -0.1) is 0 Å². The molecule has 98 valence electrons. The molecule has 1 rings (SSSR count). The van der Waals surface area contributed by atoms with Gasteiger partial charge in [-0.3, -0.25) is 4.79 Å². The predicted octanol–water partition coefficient (Wildman–Crippen LogP) is 4.31. The molecule has 0 aliphatic heterocycles. The van der Waals surface area contributed by atoms with Crippen LogP contribution in [0, 0.1) is 5.92 Å². The Morgan fingerprint density at radius 1 is 1.39 bits per heavy atom. The summed E-state index contributed by atoms with van der Waals surface area (Å²) in [6, 6.07) is 7.81. The number of benzene rings is 1. The normalized spacial score (nSPS) is 14.4. The summed E-state index contributed by atoms with van der Waals surface area (Å²) in [5.41, 5.74) is 0.985. The number of esters is 1. The molecule has 0 fully saturated rings. The molecule has 1 aromatic carbocycles. The Balaban J connectivity index is 3.01. The van der Waals surface area contributed by atoms with Crippen molar-refractivity contribution < 1.29 is 9.53 Å². The number of carbonyl (C=O) groups is 1. The molecule has 0 bridgehead atoms. The van der Waals surface area contributed by atoms with Gasteiger partial charge in [0.1, 0.15) is 0 Å². The van der Waals surface area contributed by atoms with Crippen molar-refractivity contribution >= 4 is 21.9 Å². The first kappa shape index (κ1) is 15.0. The van der Waals surface area contributed by atoms with Gasteiger partial charge in [-0.05, 0) is 30.0 Å². The molecular formula is C15H19BrO2. The van der Waals surface area contributed by atoms with Crippen molar-refractivity contribution in [2.75, 3.05) is 7.11 Å². The second kappa shape index (κ2) is 7.37. The minimum atomic E-state index is -0.245. The van der Waals surface area contributed by atoms with Crippen molar-refractivity contribution in [2.24, 2.45) is 5.92 Å². The van der Waals surface area contributed by atoms with E-state index in [-0.39, 0.29) is 17.8 Å². The molecule has 0 saturated carbocycles. The number of ether oxygens (including phenoxy) is 1. The summed E-state index contributed by atoms with van der Waals surface area (Å²) in [5, 5.41) is 0. The highest BCUT2D eigenvalue weighted by molar-refractivity contribution is 9.10. The number of methoxy groups -OCH3 is 1. The standard InChI is InChI=1S/C15H19BrO2/c1-4-5-6-11(2)14(15(17)18-3)12-7-9-13(16)10-8-12/h5-11,14H,4H2,1-3H3/b6-5+/t11-,14-/m1/s1. The monoisotopic (exact) mass is 310 g/mol. The molecule has 0 radical (unpaired) electrons. The average molecular weight is 311 g/mol. The van der Waals surface area contributed by atoms with Gasteiger partial charge >= 0.3 is 5.97 Å². The molecule has 0 heterocycles. The molecule has 18 heavy (non-hydrogen) atoms. The van der Waals surface area contributed by atoms with E-state index in [0.29, 0.717) is 0 Å². The highest BCUT2D eigenvalue weighted by Crippen LogP contribution is 2.28. The second-order valence-corrected chi connectivity index (χ2v) is 5.16. The van der Waals surface area contributed by atoms with Gasteiger partial charge in [-0.1, -0.05) is 54.1 Å². The quantitative estimate of drug-likeness (QED) is 0.598. The topological polar surface area (TPSA) is 26.3 Å². The molecule has 0 aromatic heterocycles. The zero-order valence-corrected chi connectivity index (χ0v) is 12.6. The second-order valence-electron chi connectivity index (χ2n) is 4.25. The average Bonchev–Trinajstić information content (AvgIpc) is 2.38. The molecule has 1 aromatic rings. The van der Waals surface area contributed by atoms with E-state index in [9.17, 15) is 4.79 Å². The third-order valence-electron chi connectivity index (χ3n) is 2.89. The zero-order chi connectivity index (χ0) is 13.5. The van der Waals surface area contributed by atoms with Crippen molar-refractivity contribution in [1.82, 2.24) is 0 Å². The molecular weight excluding hydrogens is 292 g/mol. The summed E-state index contributed by atoms with van der Waals surface area (Å²) in [5.74, 6) is -0.310. The molecule has 2 atom stereocenters. The molecule has 0 aliphatic rings. The van der Waals surface area contributed by atoms with E-state index in [0.717, 1.165) is 16.5 Å². The minimum absolute atomic E-state index is 0.124. The van der Waals surface area contributed by atoms with Gasteiger partial charge in [0.05, 0.1) is 13.0 Å². The first-order valence-electron chi connectivity index (χ1n) is 6.10. The molecule has 0 unspecified atom stereocenters. The van der Waals surface area contributed by atoms with E-state index in [4.69, 9.17) is 4.74 Å². The maximum absolute atomic E-state index is 11.9. The number of rotatable bonds is 5. The summed E-state index contributed by atoms with van der Waals surface area (Å²) in [7, 11) is 1.43. The maximum Gasteiger partial charge on any atom is 0.313 e. The van der Waals surface area contributed by atoms with E-state index in [2.05, 4.69) is 35.0 Å². The van der Waals surface area contributed by atoms with E-state index in [1.54, 1.807) is 0 Å². The lowest BCUT2D eigenvalue weighted by Gasteiger charge is -2.19. The highest BCUT2D eigenvalue weighted by atomic mass is 79.9. The Morgan fingerprint density at radius 2 is 2.00 bits per heavy atom. The van der Waals surface area contributed by atoms with Crippen LogP contribution in [0.25, 0.3) is 0 Å². The fraction of sp³-hybridized carbons (Fsp3) is 0.400. The van der Waals surface area contributed by atoms with Crippen LogP contribution in [0.1, 0.15) is 31.7 Å². The van der Waals surface area contributed by atoms with Crippen LogP contribution < -0.4 is 0 Å². The summed E-state index contributed by atoms with van der Waals surface area (Å²) in [4.78, 5) is 11.9. The molecule has 0 N–H and O–H groups in total. The summed E-state index contributed by atoms with van der Waals surface area (Å²) < 4.78 is 5.92. The smallest absolute Gasteiger partial charge is 0.313 e. The number of halogens is 1. The van der Waals surface area contributed by atoms with Crippen LogP contribution >= 0.6 is 15.9 Å². The van der Waals surface area contributed by atoms with Crippen LogP contribution in [-0.4, -0.2) is 13.1 Å². The SMILES string of the molecule is CC/C=C/[C@@H](C)[C@@H](C(=O)OC)c1ccc(Br)cc1. The van der Waals surface area contributed by atoms with Gasteiger partial charge in [0.25, 0.3) is 0 Å². The van der Waals surface area contributed by atoms with E-state index in [1.165, 1.54) is 7.11 Å². The van der Waals surface area contributed by atoms with Gasteiger partial charge in [-0.25, -0.2) is 0 Å². The Labute approximate surface area is 117 Å². The van der Waals surface area contributed by atoms with Crippen LogP contribution in [0.3, 0.4) is 0 Å². The lowest BCUT2D eigenvalue weighted by atomic mass is 9.87. The molecule has 2 nitrogen and oxygen atoms in total. The van der Waals surface area contributed by atoms with Crippen molar-refractivity contribution in [2.45, 2.75) is 26.2 Å². The number of allylic oxidation sites excluding steroid dienone is 2. The lowest BCUT2D eigenvalue weighted by molar-refractivity contribution is -0.143. The Morgan fingerprint density at radius 3 is 2.50 bits per heavy atom. The van der Waals surface area contributed by atoms with Crippen molar-refractivity contribution in [3.05, 3.63) is 46.5 Å². The highest BCUT2D eigenvalue weighted by Gasteiger charge is 2.26. The van der Waals surface area contributed by atoms with Gasteiger partial charge in [-0.2, -0.15) is 0 Å². The molecule has 0 aliphatic carbocycles. The van der Waals surface area contributed by atoms with Gasteiger partial charge in [0.2, 0.25) is 0 Å².